The van der Waals surface area contributed by atoms with Crippen molar-refractivity contribution >= 4 is 22.7 Å². The first kappa shape index (κ1) is 31.4. The van der Waals surface area contributed by atoms with Crippen LogP contribution >= 0.6 is 0 Å². The van der Waals surface area contributed by atoms with E-state index in [0.29, 0.717) is 22.9 Å². The Bertz CT molecular complexity index is 1050. The third-order valence-corrected chi connectivity index (χ3v) is 6.99. The molecule has 208 valence electrons. The Morgan fingerprint density at radius 2 is 1.21 bits per heavy atom. The van der Waals surface area contributed by atoms with Gasteiger partial charge in [0.1, 0.15) is 6.61 Å². The van der Waals surface area contributed by atoms with Gasteiger partial charge in [-0.25, -0.2) is 9.59 Å². The summed E-state index contributed by atoms with van der Waals surface area (Å²) in [5, 5.41) is 19.9. The van der Waals surface area contributed by atoms with Gasteiger partial charge >= 0.3 is 11.9 Å². The zero-order valence-electron chi connectivity index (χ0n) is 23.2. The predicted molar refractivity (Wildman–Crippen MR) is 155 cm³/mol. The lowest BCUT2D eigenvalue weighted by atomic mass is 9.99. The highest BCUT2D eigenvalue weighted by molar-refractivity contribution is 6.00. The largest absolute Gasteiger partial charge is 0.478 e. The van der Waals surface area contributed by atoms with E-state index in [4.69, 9.17) is 4.74 Å². The average Bonchev–Trinajstić information content (AvgIpc) is 2.91. The quantitative estimate of drug-likeness (QED) is 0.134. The first-order valence-corrected chi connectivity index (χ1v) is 14.6. The van der Waals surface area contributed by atoms with E-state index in [1.54, 1.807) is 6.07 Å². The Morgan fingerprint density at radius 1 is 0.684 bits per heavy atom. The summed E-state index contributed by atoms with van der Waals surface area (Å²) in [7, 11) is 0. The summed E-state index contributed by atoms with van der Waals surface area (Å²) in [5.41, 5.74) is 0.761. The van der Waals surface area contributed by atoms with Crippen LogP contribution in [0.3, 0.4) is 0 Å². The molecule has 0 bridgehead atoms. The van der Waals surface area contributed by atoms with Crippen LogP contribution in [-0.2, 0) is 4.74 Å². The number of hydrogen-bond acceptors (Lipinski definition) is 3. The molecule has 0 spiro atoms. The summed E-state index contributed by atoms with van der Waals surface area (Å²) in [6, 6.07) is 7.63. The normalized spacial score (nSPS) is 10.9. The third kappa shape index (κ3) is 12.6. The van der Waals surface area contributed by atoms with Crippen LogP contribution in [0.1, 0.15) is 136 Å². The molecule has 0 saturated carbocycles. The molecule has 5 heteroatoms. The SMILES string of the molecule is CCCCCCCCCCCCCCCCCCOCC#Cc1cc(C(=O)O)cc2ccc(C(=O)O)cc12. The summed E-state index contributed by atoms with van der Waals surface area (Å²) in [4.78, 5) is 22.8. The van der Waals surface area contributed by atoms with Gasteiger partial charge in [0.2, 0.25) is 0 Å². The highest BCUT2D eigenvalue weighted by Gasteiger charge is 2.11. The van der Waals surface area contributed by atoms with Crippen LogP contribution in [0.25, 0.3) is 10.8 Å². The minimum Gasteiger partial charge on any atom is -0.478 e. The van der Waals surface area contributed by atoms with E-state index in [2.05, 4.69) is 18.8 Å². The number of aromatic carboxylic acids is 2. The van der Waals surface area contributed by atoms with E-state index in [0.717, 1.165) is 12.8 Å². The maximum atomic E-state index is 11.5. The molecule has 0 heterocycles. The lowest BCUT2D eigenvalue weighted by Gasteiger charge is -2.05. The molecule has 0 unspecified atom stereocenters. The van der Waals surface area contributed by atoms with Crippen LogP contribution in [0.5, 0.6) is 0 Å². The fraction of sp³-hybridized carbons (Fsp3) is 0.576. The fourth-order valence-electron chi connectivity index (χ4n) is 4.72. The number of carbonyl (C=O) groups is 2. The minimum atomic E-state index is -1.04. The van der Waals surface area contributed by atoms with E-state index in [1.807, 2.05) is 0 Å². The fourth-order valence-corrected chi connectivity index (χ4v) is 4.72. The molecule has 0 radical (unpaired) electrons. The van der Waals surface area contributed by atoms with Crippen LogP contribution in [0, 0.1) is 11.8 Å². The lowest BCUT2D eigenvalue weighted by molar-refractivity contribution is 0.0686. The Labute approximate surface area is 229 Å². The van der Waals surface area contributed by atoms with Gasteiger partial charge in [-0.15, -0.1) is 0 Å². The monoisotopic (exact) mass is 522 g/mol. The van der Waals surface area contributed by atoms with Crippen molar-refractivity contribution in [1.29, 1.82) is 0 Å². The second-order valence-electron chi connectivity index (χ2n) is 10.2. The van der Waals surface area contributed by atoms with Crippen molar-refractivity contribution in [2.24, 2.45) is 0 Å². The number of carboxylic acid groups (broad SMARTS) is 2. The second-order valence-corrected chi connectivity index (χ2v) is 10.2. The van der Waals surface area contributed by atoms with Gasteiger partial charge in [0.25, 0.3) is 0 Å². The smallest absolute Gasteiger partial charge is 0.335 e. The van der Waals surface area contributed by atoms with Gasteiger partial charge in [0.15, 0.2) is 0 Å². The van der Waals surface area contributed by atoms with E-state index in [9.17, 15) is 19.8 Å². The van der Waals surface area contributed by atoms with Gasteiger partial charge in [-0.05, 0) is 41.5 Å². The van der Waals surface area contributed by atoms with Gasteiger partial charge < -0.3 is 14.9 Å². The third-order valence-electron chi connectivity index (χ3n) is 6.99. The number of carboxylic acids is 2. The van der Waals surface area contributed by atoms with E-state index in [-0.39, 0.29) is 17.7 Å². The van der Waals surface area contributed by atoms with E-state index >= 15 is 0 Å². The van der Waals surface area contributed by atoms with Crippen molar-refractivity contribution in [2.75, 3.05) is 13.2 Å². The molecular weight excluding hydrogens is 476 g/mol. The molecule has 0 amide bonds. The molecule has 0 atom stereocenters. The Kier molecular flexibility index (Phi) is 15.9. The zero-order valence-corrected chi connectivity index (χ0v) is 23.2. The maximum Gasteiger partial charge on any atom is 0.335 e. The minimum absolute atomic E-state index is 0.124. The molecule has 2 N–H and O–H groups in total. The second kappa shape index (κ2) is 19.3. The van der Waals surface area contributed by atoms with Crippen molar-refractivity contribution in [3.63, 3.8) is 0 Å². The summed E-state index contributed by atoms with van der Waals surface area (Å²) in [5.74, 6) is 3.85. The molecule has 0 aliphatic carbocycles. The first-order valence-electron chi connectivity index (χ1n) is 14.6. The van der Waals surface area contributed by atoms with Crippen LogP contribution in [0.15, 0.2) is 30.3 Å². The molecule has 0 saturated heterocycles. The summed E-state index contributed by atoms with van der Waals surface area (Å²) >= 11 is 0. The molecule has 0 aliphatic heterocycles. The topological polar surface area (TPSA) is 83.8 Å². The molecule has 2 aromatic carbocycles. The van der Waals surface area contributed by atoms with Crippen molar-refractivity contribution in [2.45, 2.75) is 110 Å². The molecule has 38 heavy (non-hydrogen) atoms. The predicted octanol–water partition coefficient (Wildman–Crippen LogP) is 8.87. The number of hydrogen-bond donors (Lipinski definition) is 2. The van der Waals surface area contributed by atoms with Crippen LogP contribution < -0.4 is 0 Å². The number of rotatable bonds is 20. The molecule has 0 aromatic heterocycles. The number of fused-ring (bicyclic) bond motifs is 1. The van der Waals surface area contributed by atoms with E-state index < -0.39 is 11.9 Å². The van der Waals surface area contributed by atoms with Gasteiger partial charge in [0, 0.05) is 12.2 Å². The highest BCUT2D eigenvalue weighted by atomic mass is 16.5. The van der Waals surface area contributed by atoms with Crippen molar-refractivity contribution < 1.29 is 24.5 Å². The van der Waals surface area contributed by atoms with Crippen molar-refractivity contribution in [1.82, 2.24) is 0 Å². The number of ether oxygens (including phenoxy) is 1. The summed E-state index contributed by atoms with van der Waals surface area (Å²) in [6.07, 6.45) is 21.4. The molecule has 2 aromatic rings. The maximum absolute atomic E-state index is 11.5. The standard InChI is InChI=1S/C33H46O5/c1-2-3-4-5-6-7-8-9-10-11-12-13-14-15-16-17-22-38-23-18-19-27-24-30(33(36)37)25-28-20-21-29(32(34)35)26-31(27)28/h20-21,24-26H,2-17,22-23H2,1H3,(H,34,35)(H,36,37). The molecule has 0 fully saturated rings. The van der Waals surface area contributed by atoms with E-state index in [1.165, 1.54) is 114 Å². The molecule has 2 rings (SSSR count). The van der Waals surface area contributed by atoms with Gasteiger partial charge in [-0.2, -0.15) is 0 Å². The lowest BCUT2D eigenvalue weighted by Crippen LogP contribution is -2.00. The number of unbranched alkanes of at least 4 members (excludes halogenated alkanes) is 15. The Balaban J connectivity index is 1.55. The number of benzene rings is 2. The Morgan fingerprint density at radius 3 is 1.74 bits per heavy atom. The highest BCUT2D eigenvalue weighted by Crippen LogP contribution is 2.23. The average molecular weight is 523 g/mol. The van der Waals surface area contributed by atoms with Crippen LogP contribution in [0.4, 0.5) is 0 Å². The van der Waals surface area contributed by atoms with Crippen LogP contribution in [-0.4, -0.2) is 35.4 Å². The zero-order chi connectivity index (χ0) is 27.4. The molecular formula is C33H46O5. The first-order chi connectivity index (χ1) is 18.5. The summed E-state index contributed by atoms with van der Waals surface area (Å²) < 4.78 is 5.64. The van der Waals surface area contributed by atoms with Crippen molar-refractivity contribution in [3.05, 3.63) is 47.0 Å². The van der Waals surface area contributed by atoms with Crippen molar-refractivity contribution in [3.8, 4) is 11.8 Å². The molecule has 0 aliphatic rings. The van der Waals surface area contributed by atoms with Crippen LogP contribution in [0.2, 0.25) is 0 Å². The Hall–Kier alpha value is -2.84. The van der Waals surface area contributed by atoms with Gasteiger partial charge in [-0.3, -0.25) is 0 Å². The summed E-state index contributed by atoms with van der Waals surface area (Å²) in [6.45, 7) is 3.19. The van der Waals surface area contributed by atoms with Gasteiger partial charge in [0.05, 0.1) is 11.1 Å². The molecule has 5 nitrogen and oxygen atoms in total. The van der Waals surface area contributed by atoms with Gasteiger partial charge in [-0.1, -0.05) is 121 Å².